The number of hydrogen-bond donors (Lipinski definition) is 2. The first-order valence-corrected chi connectivity index (χ1v) is 4.61. The van der Waals surface area contributed by atoms with E-state index >= 15 is 0 Å². The number of anilines is 2. The van der Waals surface area contributed by atoms with E-state index in [0.717, 1.165) is 11.1 Å². The lowest BCUT2D eigenvalue weighted by Gasteiger charge is -2.04. The molecule has 0 aliphatic carbocycles. The molecule has 5 heteroatoms. The van der Waals surface area contributed by atoms with Gasteiger partial charge in [0.15, 0.2) is 5.82 Å². The minimum absolute atomic E-state index is 0.382. The number of benzene rings is 1. The van der Waals surface area contributed by atoms with E-state index < -0.39 is 0 Å². The van der Waals surface area contributed by atoms with Crippen LogP contribution in [0.5, 0.6) is 0 Å². The van der Waals surface area contributed by atoms with Crippen LogP contribution in [-0.2, 0) is 7.05 Å². The van der Waals surface area contributed by atoms with Gasteiger partial charge in [0.25, 0.3) is 0 Å². The van der Waals surface area contributed by atoms with Gasteiger partial charge in [0.1, 0.15) is 0 Å². The van der Waals surface area contributed by atoms with Gasteiger partial charge in [0.2, 0.25) is 5.95 Å². The Morgan fingerprint density at radius 1 is 1.27 bits per heavy atom. The summed E-state index contributed by atoms with van der Waals surface area (Å²) < 4.78 is 1.53. The Morgan fingerprint density at radius 3 is 2.53 bits per heavy atom. The smallest absolute Gasteiger partial charge is 0.218 e. The lowest BCUT2D eigenvalue weighted by molar-refractivity contribution is 0.781. The molecule has 0 amide bonds. The zero-order valence-corrected chi connectivity index (χ0v) is 8.73. The van der Waals surface area contributed by atoms with E-state index in [0.29, 0.717) is 17.5 Å². The van der Waals surface area contributed by atoms with E-state index in [1.54, 1.807) is 7.05 Å². The molecule has 1 aromatic heterocycles. The number of aryl methyl sites for hydroxylation is 2. The van der Waals surface area contributed by atoms with Gasteiger partial charge < -0.3 is 11.5 Å². The molecule has 0 saturated heterocycles. The number of nitrogens with zero attached hydrogens (tertiary/aromatic N) is 3. The fourth-order valence-electron chi connectivity index (χ4n) is 1.50. The van der Waals surface area contributed by atoms with Crippen molar-refractivity contribution in [3.05, 3.63) is 23.8 Å². The Morgan fingerprint density at radius 2 is 2.00 bits per heavy atom. The molecule has 0 fully saturated rings. The second-order valence-electron chi connectivity index (χ2n) is 3.46. The molecule has 0 aliphatic rings. The molecular formula is C10H13N5. The Hall–Kier alpha value is -2.04. The summed E-state index contributed by atoms with van der Waals surface area (Å²) >= 11 is 0. The molecule has 0 radical (unpaired) electrons. The van der Waals surface area contributed by atoms with Gasteiger partial charge >= 0.3 is 0 Å². The SMILES string of the molecule is Cc1cccc(N)c1-c1nc(N)n(C)n1. The molecule has 2 rings (SSSR count). The van der Waals surface area contributed by atoms with Crippen LogP contribution in [0.2, 0.25) is 0 Å². The van der Waals surface area contributed by atoms with E-state index in [2.05, 4.69) is 10.1 Å². The van der Waals surface area contributed by atoms with Gasteiger partial charge in [0, 0.05) is 18.3 Å². The standard InChI is InChI=1S/C10H13N5/c1-6-4-3-5-7(11)8(6)9-13-10(12)15(2)14-9/h3-5H,11H2,1-2H3,(H2,12,13,14). The maximum absolute atomic E-state index is 5.88. The van der Waals surface area contributed by atoms with Crippen molar-refractivity contribution < 1.29 is 0 Å². The van der Waals surface area contributed by atoms with E-state index in [-0.39, 0.29) is 0 Å². The first kappa shape index (κ1) is 9.51. The van der Waals surface area contributed by atoms with Gasteiger partial charge in [0.05, 0.1) is 0 Å². The van der Waals surface area contributed by atoms with Crippen molar-refractivity contribution in [2.45, 2.75) is 6.92 Å². The molecule has 2 aromatic rings. The average Bonchev–Trinajstić information content (AvgIpc) is 2.46. The first-order chi connectivity index (χ1) is 7.09. The third kappa shape index (κ3) is 1.52. The topological polar surface area (TPSA) is 82.7 Å². The Bertz CT molecular complexity index is 461. The number of rotatable bonds is 1. The molecule has 0 saturated carbocycles. The van der Waals surface area contributed by atoms with Crippen molar-refractivity contribution in [3.8, 4) is 11.4 Å². The number of nitrogen functional groups attached to an aromatic ring is 2. The quantitative estimate of drug-likeness (QED) is 0.676. The molecule has 5 nitrogen and oxygen atoms in total. The molecule has 4 N–H and O–H groups in total. The maximum Gasteiger partial charge on any atom is 0.218 e. The third-order valence-corrected chi connectivity index (χ3v) is 2.33. The third-order valence-electron chi connectivity index (χ3n) is 2.33. The van der Waals surface area contributed by atoms with Gasteiger partial charge in [-0.05, 0) is 18.6 Å². The monoisotopic (exact) mass is 203 g/mol. The molecule has 0 atom stereocenters. The molecular weight excluding hydrogens is 190 g/mol. The fraction of sp³-hybridized carbons (Fsp3) is 0.200. The minimum Gasteiger partial charge on any atom is -0.398 e. The van der Waals surface area contributed by atoms with E-state index in [9.17, 15) is 0 Å². The predicted octanol–water partition coefficient (Wildman–Crippen LogP) is 0.955. The van der Waals surface area contributed by atoms with Crippen LogP contribution in [0.25, 0.3) is 11.4 Å². The molecule has 15 heavy (non-hydrogen) atoms. The molecule has 1 heterocycles. The zero-order valence-electron chi connectivity index (χ0n) is 8.73. The number of hydrogen-bond acceptors (Lipinski definition) is 4. The second kappa shape index (κ2) is 3.27. The van der Waals surface area contributed by atoms with Crippen molar-refractivity contribution >= 4 is 11.6 Å². The average molecular weight is 203 g/mol. The second-order valence-corrected chi connectivity index (χ2v) is 3.46. The fourth-order valence-corrected chi connectivity index (χ4v) is 1.50. The van der Waals surface area contributed by atoms with Gasteiger partial charge in [-0.2, -0.15) is 4.98 Å². The summed E-state index contributed by atoms with van der Waals surface area (Å²) in [6.45, 7) is 1.97. The summed E-state index contributed by atoms with van der Waals surface area (Å²) in [6.07, 6.45) is 0. The van der Waals surface area contributed by atoms with Crippen LogP contribution < -0.4 is 11.5 Å². The summed E-state index contributed by atoms with van der Waals surface area (Å²) in [5.74, 6) is 0.957. The van der Waals surface area contributed by atoms with Crippen LogP contribution in [0.1, 0.15) is 5.56 Å². The van der Waals surface area contributed by atoms with Crippen LogP contribution in [-0.4, -0.2) is 14.8 Å². The van der Waals surface area contributed by atoms with Crippen molar-refractivity contribution in [2.75, 3.05) is 11.5 Å². The number of aromatic nitrogens is 3. The summed E-state index contributed by atoms with van der Waals surface area (Å²) in [5.41, 5.74) is 14.1. The highest BCUT2D eigenvalue weighted by Gasteiger charge is 2.11. The lowest BCUT2D eigenvalue weighted by Crippen LogP contribution is -1.97. The normalized spacial score (nSPS) is 10.5. The van der Waals surface area contributed by atoms with Crippen molar-refractivity contribution in [1.82, 2.24) is 14.8 Å². The molecule has 0 aliphatic heterocycles. The highest BCUT2D eigenvalue weighted by Crippen LogP contribution is 2.26. The summed E-state index contributed by atoms with van der Waals surface area (Å²) in [7, 11) is 1.75. The minimum atomic E-state index is 0.382. The van der Waals surface area contributed by atoms with Crippen molar-refractivity contribution in [1.29, 1.82) is 0 Å². The van der Waals surface area contributed by atoms with Crippen LogP contribution in [0.15, 0.2) is 18.2 Å². The molecule has 0 unspecified atom stereocenters. The molecule has 1 aromatic carbocycles. The van der Waals surface area contributed by atoms with Gasteiger partial charge in [-0.3, -0.25) is 0 Å². The Balaban J connectivity index is 2.63. The first-order valence-electron chi connectivity index (χ1n) is 4.61. The molecule has 0 spiro atoms. The summed E-state index contributed by atoms with van der Waals surface area (Å²) in [5, 5.41) is 4.20. The van der Waals surface area contributed by atoms with Crippen LogP contribution in [0, 0.1) is 6.92 Å². The highest BCUT2D eigenvalue weighted by atomic mass is 15.4. The van der Waals surface area contributed by atoms with Crippen LogP contribution in [0.3, 0.4) is 0 Å². The Labute approximate surface area is 87.7 Å². The molecule has 0 bridgehead atoms. The van der Waals surface area contributed by atoms with Gasteiger partial charge in [-0.1, -0.05) is 12.1 Å². The highest BCUT2D eigenvalue weighted by molar-refractivity contribution is 5.75. The summed E-state index contributed by atoms with van der Waals surface area (Å²) in [4.78, 5) is 4.15. The zero-order chi connectivity index (χ0) is 11.0. The van der Waals surface area contributed by atoms with E-state index in [1.807, 2.05) is 25.1 Å². The number of nitrogens with two attached hydrogens (primary N) is 2. The van der Waals surface area contributed by atoms with Gasteiger partial charge in [-0.15, -0.1) is 5.10 Å². The summed E-state index contributed by atoms with van der Waals surface area (Å²) in [6, 6.07) is 5.70. The Kier molecular flexibility index (Phi) is 2.07. The van der Waals surface area contributed by atoms with Gasteiger partial charge in [-0.25, -0.2) is 4.68 Å². The van der Waals surface area contributed by atoms with E-state index in [1.165, 1.54) is 4.68 Å². The predicted molar refractivity (Wildman–Crippen MR) is 60.0 cm³/mol. The molecule has 78 valence electrons. The van der Waals surface area contributed by atoms with Crippen LogP contribution >= 0.6 is 0 Å². The maximum atomic E-state index is 5.88. The lowest BCUT2D eigenvalue weighted by atomic mass is 10.1. The van der Waals surface area contributed by atoms with Crippen LogP contribution in [0.4, 0.5) is 11.6 Å². The van der Waals surface area contributed by atoms with Crippen molar-refractivity contribution in [3.63, 3.8) is 0 Å². The largest absolute Gasteiger partial charge is 0.398 e. The van der Waals surface area contributed by atoms with E-state index in [4.69, 9.17) is 11.5 Å². The van der Waals surface area contributed by atoms with Crippen molar-refractivity contribution in [2.24, 2.45) is 7.05 Å².